The maximum atomic E-state index is 12.9. The third-order valence-electron chi connectivity index (χ3n) is 7.08. The summed E-state index contributed by atoms with van der Waals surface area (Å²) < 4.78 is 27.5. The minimum atomic E-state index is -3.19. The topological polar surface area (TPSA) is 57.6 Å². The Morgan fingerprint density at radius 2 is 1.87 bits per heavy atom. The number of aliphatic hydroxyl groups excluding tert-OH is 1. The van der Waals surface area contributed by atoms with Crippen LogP contribution < -0.4 is 0 Å². The summed E-state index contributed by atoms with van der Waals surface area (Å²) in [7, 11) is -3.19. The molecular formula is C18H25NO3S. The maximum Gasteiger partial charge on any atom is 0.215 e. The molecule has 0 unspecified atom stereocenters. The Kier molecular flexibility index (Phi) is 3.26. The van der Waals surface area contributed by atoms with Crippen molar-refractivity contribution in [3.8, 4) is 0 Å². The van der Waals surface area contributed by atoms with Gasteiger partial charge in [0, 0.05) is 18.0 Å². The number of fused-ring (bicyclic) bond motifs is 1. The molecule has 0 radical (unpaired) electrons. The Labute approximate surface area is 138 Å². The molecule has 2 bridgehead atoms. The van der Waals surface area contributed by atoms with Gasteiger partial charge in [-0.05, 0) is 41.7 Å². The molecule has 4 rings (SSSR count). The first-order chi connectivity index (χ1) is 10.8. The highest BCUT2D eigenvalue weighted by Crippen LogP contribution is 2.70. The van der Waals surface area contributed by atoms with Gasteiger partial charge in [0.05, 0.1) is 12.4 Å². The van der Waals surface area contributed by atoms with Gasteiger partial charge in [0.1, 0.15) is 0 Å². The van der Waals surface area contributed by atoms with Crippen LogP contribution in [0, 0.1) is 16.7 Å². The van der Waals surface area contributed by atoms with Crippen molar-refractivity contribution in [3.63, 3.8) is 0 Å². The summed E-state index contributed by atoms with van der Waals surface area (Å²) in [4.78, 5) is 0. The highest BCUT2D eigenvalue weighted by atomic mass is 32.2. The highest BCUT2D eigenvalue weighted by Gasteiger charge is 2.71. The van der Waals surface area contributed by atoms with Crippen molar-refractivity contribution in [2.75, 3.05) is 5.75 Å². The average molecular weight is 335 g/mol. The van der Waals surface area contributed by atoms with Crippen LogP contribution in [0.2, 0.25) is 0 Å². The molecule has 1 N–H and O–H groups in total. The van der Waals surface area contributed by atoms with Gasteiger partial charge in [0.15, 0.2) is 0 Å². The van der Waals surface area contributed by atoms with E-state index in [0.717, 1.165) is 24.0 Å². The smallest absolute Gasteiger partial charge is 0.215 e. The quantitative estimate of drug-likeness (QED) is 0.923. The van der Waals surface area contributed by atoms with Gasteiger partial charge in [-0.3, -0.25) is 0 Å². The lowest BCUT2D eigenvalue weighted by atomic mass is 9.69. The minimum Gasteiger partial charge on any atom is -0.392 e. The molecule has 0 amide bonds. The molecule has 3 atom stereocenters. The number of sulfonamides is 1. The van der Waals surface area contributed by atoms with Crippen LogP contribution in [-0.4, -0.2) is 29.6 Å². The summed E-state index contributed by atoms with van der Waals surface area (Å²) in [6.45, 7) is 5.03. The highest BCUT2D eigenvalue weighted by molar-refractivity contribution is 7.89. The molecule has 1 aliphatic heterocycles. The van der Waals surface area contributed by atoms with Crippen molar-refractivity contribution < 1.29 is 13.5 Å². The van der Waals surface area contributed by atoms with Crippen LogP contribution in [0.25, 0.3) is 0 Å². The standard InChI is InChI=1S/C18H25NO3S/c1-17(2)15-7-8-18(17)12-23(21,22)19(16(18)9-15)10-13-3-5-14(11-20)6-4-13/h3-6,15-16,20H,7-12H2,1-2H3/t15-,16-,18+/m1/s1. The van der Waals surface area contributed by atoms with Gasteiger partial charge < -0.3 is 5.11 Å². The van der Waals surface area contributed by atoms with E-state index in [4.69, 9.17) is 5.11 Å². The normalized spacial score (nSPS) is 37.2. The van der Waals surface area contributed by atoms with Gasteiger partial charge in [0.2, 0.25) is 10.0 Å². The predicted molar refractivity (Wildman–Crippen MR) is 89.0 cm³/mol. The van der Waals surface area contributed by atoms with Crippen molar-refractivity contribution in [3.05, 3.63) is 35.4 Å². The number of benzene rings is 1. The van der Waals surface area contributed by atoms with Gasteiger partial charge in [-0.2, -0.15) is 4.31 Å². The number of hydrogen-bond donors (Lipinski definition) is 1. The Morgan fingerprint density at radius 1 is 1.22 bits per heavy atom. The molecule has 126 valence electrons. The second-order valence-corrected chi connectivity index (χ2v) is 10.1. The molecule has 1 aromatic carbocycles. The summed E-state index contributed by atoms with van der Waals surface area (Å²) in [6.07, 6.45) is 3.24. The van der Waals surface area contributed by atoms with Crippen LogP contribution in [0.15, 0.2) is 24.3 Å². The first-order valence-corrected chi connectivity index (χ1v) is 10.1. The first-order valence-electron chi connectivity index (χ1n) is 8.48. The lowest BCUT2D eigenvalue weighted by Gasteiger charge is -2.37. The molecule has 3 aliphatic rings. The summed E-state index contributed by atoms with van der Waals surface area (Å²) in [5.74, 6) is 0.977. The van der Waals surface area contributed by atoms with Gasteiger partial charge in [-0.25, -0.2) is 8.42 Å². The molecular weight excluding hydrogens is 310 g/mol. The van der Waals surface area contributed by atoms with Crippen LogP contribution in [0.4, 0.5) is 0 Å². The van der Waals surface area contributed by atoms with Crippen molar-refractivity contribution in [1.29, 1.82) is 0 Å². The average Bonchev–Trinajstić information content (AvgIpc) is 2.97. The summed E-state index contributed by atoms with van der Waals surface area (Å²) in [5.41, 5.74) is 1.93. The fourth-order valence-corrected chi connectivity index (χ4v) is 8.06. The third-order valence-corrected chi connectivity index (χ3v) is 9.06. The number of rotatable bonds is 3. The summed E-state index contributed by atoms with van der Waals surface area (Å²) in [6, 6.07) is 7.78. The zero-order valence-electron chi connectivity index (χ0n) is 13.8. The molecule has 1 saturated heterocycles. The second kappa shape index (κ2) is 4.80. The molecule has 0 aromatic heterocycles. The van der Waals surface area contributed by atoms with E-state index in [-0.39, 0.29) is 23.5 Å². The van der Waals surface area contributed by atoms with Crippen molar-refractivity contribution in [1.82, 2.24) is 4.31 Å². The first kappa shape index (κ1) is 15.6. The molecule has 1 spiro atoms. The SMILES string of the molecule is CC1(C)[C@@H]2CC[C@@]13CS(=O)(=O)N(Cc1ccc(CO)cc1)[C@@H]3C2. The van der Waals surface area contributed by atoms with E-state index < -0.39 is 10.0 Å². The van der Waals surface area contributed by atoms with Gasteiger partial charge in [0.25, 0.3) is 0 Å². The Balaban J connectivity index is 1.66. The van der Waals surface area contributed by atoms with Crippen molar-refractivity contribution in [2.24, 2.45) is 16.7 Å². The van der Waals surface area contributed by atoms with E-state index in [1.165, 1.54) is 6.42 Å². The molecule has 1 heterocycles. The summed E-state index contributed by atoms with van der Waals surface area (Å²) >= 11 is 0. The van der Waals surface area contributed by atoms with Crippen LogP contribution in [-0.2, 0) is 23.2 Å². The van der Waals surface area contributed by atoms with E-state index >= 15 is 0 Å². The predicted octanol–water partition coefficient (Wildman–Crippen LogP) is 2.52. The van der Waals surface area contributed by atoms with Gasteiger partial charge >= 0.3 is 0 Å². The minimum absolute atomic E-state index is 0.0178. The van der Waals surface area contributed by atoms with Crippen LogP contribution in [0.5, 0.6) is 0 Å². The molecule has 4 nitrogen and oxygen atoms in total. The monoisotopic (exact) mass is 335 g/mol. The lowest BCUT2D eigenvalue weighted by Crippen LogP contribution is -2.41. The van der Waals surface area contributed by atoms with E-state index in [1.807, 2.05) is 24.3 Å². The molecule has 2 aliphatic carbocycles. The van der Waals surface area contributed by atoms with E-state index in [2.05, 4.69) is 13.8 Å². The zero-order chi connectivity index (χ0) is 16.5. The number of hydrogen-bond acceptors (Lipinski definition) is 3. The Hall–Kier alpha value is -0.910. The molecule has 1 aromatic rings. The van der Waals surface area contributed by atoms with E-state index in [9.17, 15) is 8.42 Å². The lowest BCUT2D eigenvalue weighted by molar-refractivity contribution is 0.112. The van der Waals surface area contributed by atoms with Crippen molar-refractivity contribution >= 4 is 10.0 Å². The number of nitrogens with zero attached hydrogens (tertiary/aromatic N) is 1. The van der Waals surface area contributed by atoms with Crippen LogP contribution in [0.1, 0.15) is 44.2 Å². The third kappa shape index (κ3) is 1.99. The van der Waals surface area contributed by atoms with Gasteiger partial charge in [-0.1, -0.05) is 38.1 Å². The number of aliphatic hydroxyl groups is 1. The molecule has 23 heavy (non-hydrogen) atoms. The molecule has 5 heteroatoms. The van der Waals surface area contributed by atoms with Crippen molar-refractivity contribution in [2.45, 2.75) is 52.3 Å². The Morgan fingerprint density at radius 3 is 2.48 bits per heavy atom. The fraction of sp³-hybridized carbons (Fsp3) is 0.667. The molecule has 3 fully saturated rings. The van der Waals surface area contributed by atoms with E-state index in [1.54, 1.807) is 4.31 Å². The summed E-state index contributed by atoms with van der Waals surface area (Å²) in [5, 5.41) is 9.14. The Bertz CT molecular complexity index is 725. The van der Waals surface area contributed by atoms with Crippen LogP contribution >= 0.6 is 0 Å². The maximum absolute atomic E-state index is 12.9. The second-order valence-electron chi connectivity index (χ2n) is 8.14. The van der Waals surface area contributed by atoms with Gasteiger partial charge in [-0.15, -0.1) is 0 Å². The van der Waals surface area contributed by atoms with E-state index in [0.29, 0.717) is 18.2 Å². The van der Waals surface area contributed by atoms with Crippen LogP contribution in [0.3, 0.4) is 0 Å². The fourth-order valence-electron chi connectivity index (χ4n) is 5.51. The largest absolute Gasteiger partial charge is 0.392 e. The molecule has 2 saturated carbocycles. The zero-order valence-corrected chi connectivity index (χ0v) is 14.6.